The summed E-state index contributed by atoms with van der Waals surface area (Å²) < 4.78 is 67.1. The number of nitrogens with two attached hydrogens (primary N) is 1. The molecule has 8 heteroatoms. The van der Waals surface area contributed by atoms with Gasteiger partial charge in [-0.05, 0) is 28.9 Å². The molecule has 0 saturated heterocycles. The molecule has 0 aliphatic heterocycles. The molecule has 0 saturated carbocycles. The Morgan fingerprint density at radius 3 is 1.85 bits per heavy atom. The summed E-state index contributed by atoms with van der Waals surface area (Å²) in [5, 5.41) is 0. The Labute approximate surface area is 123 Å². The van der Waals surface area contributed by atoms with Gasteiger partial charge in [0, 0.05) is 14.2 Å². The van der Waals surface area contributed by atoms with Crippen molar-refractivity contribution >= 4 is 27.3 Å². The van der Waals surface area contributed by atoms with Gasteiger partial charge in [0.05, 0.1) is 11.6 Å². The number of benzene rings is 1. The van der Waals surface area contributed by atoms with Crippen molar-refractivity contribution in [3.8, 4) is 0 Å². The maximum atomic E-state index is 13.7. The van der Waals surface area contributed by atoms with E-state index in [4.69, 9.17) is 5.73 Å². The maximum absolute atomic E-state index is 13.7. The van der Waals surface area contributed by atoms with Crippen molar-refractivity contribution in [3.05, 3.63) is 54.9 Å². The Morgan fingerprint density at radius 2 is 1.45 bits per heavy atom. The standard InChI is InChI=1S/C12H7BrF5NS/c1-3-2-4(13)12(20-3)11(19)5-6(14)8(16)10(18)9(17)7(5)15/h2,11H,19H2,1H3. The van der Waals surface area contributed by atoms with E-state index in [2.05, 4.69) is 15.9 Å². The third-order valence-electron chi connectivity index (χ3n) is 2.67. The first kappa shape index (κ1) is 15.4. The molecule has 0 radical (unpaired) electrons. The third-order valence-corrected chi connectivity index (χ3v) is 4.73. The summed E-state index contributed by atoms with van der Waals surface area (Å²) in [4.78, 5) is 1.07. The van der Waals surface area contributed by atoms with Crippen molar-refractivity contribution in [1.29, 1.82) is 0 Å². The van der Waals surface area contributed by atoms with Crippen LogP contribution in [0.2, 0.25) is 0 Å². The van der Waals surface area contributed by atoms with Crippen LogP contribution >= 0.6 is 27.3 Å². The van der Waals surface area contributed by atoms with Gasteiger partial charge in [-0.1, -0.05) is 0 Å². The van der Waals surface area contributed by atoms with Crippen LogP contribution in [0.15, 0.2) is 10.5 Å². The van der Waals surface area contributed by atoms with E-state index >= 15 is 0 Å². The summed E-state index contributed by atoms with van der Waals surface area (Å²) in [7, 11) is 0. The van der Waals surface area contributed by atoms with Gasteiger partial charge in [0.1, 0.15) is 0 Å². The minimum absolute atomic E-state index is 0.283. The van der Waals surface area contributed by atoms with Crippen LogP contribution < -0.4 is 5.73 Å². The fraction of sp³-hybridized carbons (Fsp3) is 0.167. The lowest BCUT2D eigenvalue weighted by Crippen LogP contribution is -2.18. The smallest absolute Gasteiger partial charge is 0.200 e. The highest BCUT2D eigenvalue weighted by Gasteiger charge is 2.30. The van der Waals surface area contributed by atoms with E-state index in [1.165, 1.54) is 0 Å². The average molecular weight is 372 g/mol. The van der Waals surface area contributed by atoms with Crippen LogP contribution in [0.1, 0.15) is 21.4 Å². The van der Waals surface area contributed by atoms with Crippen LogP contribution in [0, 0.1) is 36.0 Å². The van der Waals surface area contributed by atoms with Crippen molar-refractivity contribution in [3.63, 3.8) is 0 Å². The van der Waals surface area contributed by atoms with Crippen molar-refractivity contribution in [2.24, 2.45) is 5.73 Å². The van der Waals surface area contributed by atoms with Crippen LogP contribution in [-0.2, 0) is 0 Å². The molecule has 0 fully saturated rings. The van der Waals surface area contributed by atoms with Gasteiger partial charge in [-0.15, -0.1) is 11.3 Å². The SMILES string of the molecule is Cc1cc(Br)c(C(N)c2c(F)c(F)c(F)c(F)c2F)s1. The number of halogens is 6. The Kier molecular flexibility index (Phi) is 4.17. The summed E-state index contributed by atoms with van der Waals surface area (Å²) in [5.41, 5.74) is 4.63. The van der Waals surface area contributed by atoms with Gasteiger partial charge in [0.15, 0.2) is 23.3 Å². The lowest BCUT2D eigenvalue weighted by atomic mass is 10.0. The first-order chi connectivity index (χ1) is 9.25. The van der Waals surface area contributed by atoms with Gasteiger partial charge in [0.2, 0.25) is 5.82 Å². The molecule has 20 heavy (non-hydrogen) atoms. The maximum Gasteiger partial charge on any atom is 0.200 e. The molecule has 1 aromatic carbocycles. The predicted molar refractivity (Wildman–Crippen MR) is 69.0 cm³/mol. The number of thiophene rings is 1. The first-order valence-corrected chi connectivity index (χ1v) is 6.89. The molecule has 1 aromatic heterocycles. The van der Waals surface area contributed by atoms with E-state index in [9.17, 15) is 22.0 Å². The zero-order valence-corrected chi connectivity index (χ0v) is 12.3. The Hall–Kier alpha value is -0.990. The largest absolute Gasteiger partial charge is 0.319 e. The fourth-order valence-corrected chi connectivity index (χ4v) is 3.65. The van der Waals surface area contributed by atoms with Crippen molar-refractivity contribution in [2.75, 3.05) is 0 Å². The van der Waals surface area contributed by atoms with Gasteiger partial charge in [-0.25, -0.2) is 22.0 Å². The van der Waals surface area contributed by atoms with Gasteiger partial charge in [-0.3, -0.25) is 0 Å². The molecular weight excluding hydrogens is 365 g/mol. The summed E-state index contributed by atoms with van der Waals surface area (Å²) >= 11 is 4.25. The molecule has 0 aliphatic carbocycles. The molecule has 0 spiro atoms. The number of aryl methyl sites for hydroxylation is 1. The second-order valence-electron chi connectivity index (χ2n) is 4.03. The predicted octanol–water partition coefficient (Wildman–Crippen LogP) is 4.56. The topological polar surface area (TPSA) is 26.0 Å². The molecule has 2 N–H and O–H groups in total. The second kappa shape index (κ2) is 5.42. The van der Waals surface area contributed by atoms with Crippen molar-refractivity contribution in [2.45, 2.75) is 13.0 Å². The molecule has 108 valence electrons. The average Bonchev–Trinajstić information content (AvgIpc) is 2.73. The molecule has 0 aliphatic rings. The number of rotatable bonds is 2. The zero-order valence-electron chi connectivity index (χ0n) is 9.91. The minimum atomic E-state index is -2.20. The Morgan fingerprint density at radius 1 is 1.00 bits per heavy atom. The summed E-state index contributed by atoms with van der Waals surface area (Å²) in [6.45, 7) is 1.73. The lowest BCUT2D eigenvalue weighted by Gasteiger charge is -2.14. The molecule has 1 heterocycles. The Bertz CT molecular complexity index is 656. The van der Waals surface area contributed by atoms with Gasteiger partial charge < -0.3 is 5.73 Å². The highest BCUT2D eigenvalue weighted by Crippen LogP contribution is 2.37. The van der Waals surface area contributed by atoms with Crippen LogP contribution in [0.4, 0.5) is 22.0 Å². The highest BCUT2D eigenvalue weighted by atomic mass is 79.9. The first-order valence-electron chi connectivity index (χ1n) is 5.28. The summed E-state index contributed by atoms with van der Waals surface area (Å²) in [6.07, 6.45) is 0. The summed E-state index contributed by atoms with van der Waals surface area (Å²) in [5.74, 6) is -10.0. The van der Waals surface area contributed by atoms with Gasteiger partial charge >= 0.3 is 0 Å². The second-order valence-corrected chi connectivity index (χ2v) is 6.17. The van der Waals surface area contributed by atoms with E-state index in [1.54, 1.807) is 13.0 Å². The molecule has 0 amide bonds. The lowest BCUT2D eigenvalue weighted by molar-refractivity contribution is 0.367. The summed E-state index contributed by atoms with van der Waals surface area (Å²) in [6, 6.07) is 0.194. The van der Waals surface area contributed by atoms with Gasteiger partial charge in [-0.2, -0.15) is 0 Å². The van der Waals surface area contributed by atoms with E-state index in [1.807, 2.05) is 0 Å². The van der Waals surface area contributed by atoms with Crippen LogP contribution in [0.25, 0.3) is 0 Å². The van der Waals surface area contributed by atoms with E-state index in [-0.39, 0.29) is 4.88 Å². The molecule has 0 bridgehead atoms. The normalized spacial score (nSPS) is 12.8. The van der Waals surface area contributed by atoms with Crippen LogP contribution in [0.3, 0.4) is 0 Å². The Balaban J connectivity index is 2.67. The third kappa shape index (κ3) is 2.36. The number of hydrogen-bond donors (Lipinski definition) is 1. The monoisotopic (exact) mass is 371 g/mol. The molecule has 2 rings (SSSR count). The van der Waals surface area contributed by atoms with Gasteiger partial charge in [0.25, 0.3) is 0 Å². The highest BCUT2D eigenvalue weighted by molar-refractivity contribution is 9.10. The van der Waals surface area contributed by atoms with Crippen LogP contribution in [-0.4, -0.2) is 0 Å². The fourth-order valence-electron chi connectivity index (χ4n) is 1.74. The van der Waals surface area contributed by atoms with Crippen molar-refractivity contribution < 1.29 is 22.0 Å². The number of hydrogen-bond acceptors (Lipinski definition) is 2. The molecule has 2 aromatic rings. The van der Waals surface area contributed by atoms with Crippen molar-refractivity contribution in [1.82, 2.24) is 0 Å². The van der Waals surface area contributed by atoms with Crippen LogP contribution in [0.5, 0.6) is 0 Å². The van der Waals surface area contributed by atoms with E-state index in [0.29, 0.717) is 4.47 Å². The molecular formula is C12H7BrF5NS. The molecule has 1 nitrogen and oxygen atoms in total. The quantitative estimate of drug-likeness (QED) is 0.467. The molecule has 1 atom stereocenters. The molecule has 1 unspecified atom stereocenters. The zero-order chi connectivity index (χ0) is 15.2. The minimum Gasteiger partial charge on any atom is -0.319 e. The van der Waals surface area contributed by atoms with E-state index in [0.717, 1.165) is 16.2 Å². The van der Waals surface area contributed by atoms with E-state index < -0.39 is 40.7 Å².